The van der Waals surface area contributed by atoms with Crippen LogP contribution in [0.4, 0.5) is 0 Å². The average Bonchev–Trinajstić information content (AvgIpc) is 2.71. The van der Waals surface area contributed by atoms with Crippen LogP contribution in [0.2, 0.25) is 0 Å². The Balaban J connectivity index is 2.50. The van der Waals surface area contributed by atoms with Crippen LogP contribution in [0.5, 0.6) is 0 Å². The van der Waals surface area contributed by atoms with E-state index in [1.165, 1.54) is 18.3 Å². The zero-order valence-corrected chi connectivity index (χ0v) is 10.7. The SMILES string of the molecule is CC(=O)NCc1ccc(C(=O)NCCS)s1. The van der Waals surface area contributed by atoms with Crippen molar-refractivity contribution in [2.75, 3.05) is 12.3 Å². The van der Waals surface area contributed by atoms with E-state index in [0.717, 1.165) is 4.88 Å². The molecule has 0 bridgehead atoms. The molecule has 0 spiro atoms. The third-order valence-electron chi connectivity index (χ3n) is 1.79. The van der Waals surface area contributed by atoms with Gasteiger partial charge in [-0.1, -0.05) is 0 Å². The highest BCUT2D eigenvalue weighted by Gasteiger charge is 2.08. The van der Waals surface area contributed by atoms with Gasteiger partial charge in [-0.25, -0.2) is 0 Å². The number of carbonyl (C=O) groups excluding carboxylic acids is 2. The lowest BCUT2D eigenvalue weighted by Crippen LogP contribution is -2.24. The predicted octanol–water partition coefficient (Wildman–Crippen LogP) is 1.04. The first-order chi connectivity index (χ1) is 7.63. The molecule has 0 unspecified atom stereocenters. The molecule has 2 amide bonds. The molecule has 88 valence electrons. The Labute approximate surface area is 104 Å². The van der Waals surface area contributed by atoms with Gasteiger partial charge in [0.1, 0.15) is 0 Å². The Morgan fingerprint density at radius 2 is 2.12 bits per heavy atom. The number of nitrogens with one attached hydrogen (secondary N) is 2. The number of thiol groups is 1. The second-order valence-corrected chi connectivity index (χ2v) is 4.77. The van der Waals surface area contributed by atoms with Gasteiger partial charge in [0.05, 0.1) is 11.4 Å². The van der Waals surface area contributed by atoms with Crippen molar-refractivity contribution in [3.8, 4) is 0 Å². The minimum Gasteiger partial charge on any atom is -0.351 e. The van der Waals surface area contributed by atoms with Crippen molar-refractivity contribution in [3.05, 3.63) is 21.9 Å². The molecule has 0 aromatic carbocycles. The fourth-order valence-electron chi connectivity index (χ4n) is 1.06. The van der Waals surface area contributed by atoms with E-state index in [-0.39, 0.29) is 11.8 Å². The van der Waals surface area contributed by atoms with Gasteiger partial charge in [-0.05, 0) is 12.1 Å². The van der Waals surface area contributed by atoms with Crippen LogP contribution in [0.1, 0.15) is 21.5 Å². The number of hydrogen-bond donors (Lipinski definition) is 3. The summed E-state index contributed by atoms with van der Waals surface area (Å²) in [5.41, 5.74) is 0. The molecule has 0 saturated heterocycles. The second kappa shape index (κ2) is 6.55. The number of amides is 2. The van der Waals surface area contributed by atoms with Crippen LogP contribution in [0.3, 0.4) is 0 Å². The first-order valence-corrected chi connectivity index (χ1v) is 6.30. The number of hydrogen-bond acceptors (Lipinski definition) is 4. The zero-order chi connectivity index (χ0) is 12.0. The highest BCUT2D eigenvalue weighted by Crippen LogP contribution is 2.15. The quantitative estimate of drug-likeness (QED) is 0.691. The Morgan fingerprint density at radius 1 is 1.38 bits per heavy atom. The molecule has 1 aromatic rings. The minimum absolute atomic E-state index is 0.0746. The summed E-state index contributed by atoms with van der Waals surface area (Å²) in [6.07, 6.45) is 0. The molecule has 0 saturated carbocycles. The molecule has 0 fully saturated rings. The summed E-state index contributed by atoms with van der Waals surface area (Å²) in [5.74, 6) is 0.457. The van der Waals surface area contributed by atoms with Crippen LogP contribution in [-0.2, 0) is 11.3 Å². The van der Waals surface area contributed by atoms with E-state index in [0.29, 0.717) is 23.7 Å². The molecular weight excluding hydrogens is 244 g/mol. The Kier molecular flexibility index (Phi) is 5.34. The Hall–Kier alpha value is -1.01. The van der Waals surface area contributed by atoms with Crippen molar-refractivity contribution in [3.63, 3.8) is 0 Å². The van der Waals surface area contributed by atoms with Gasteiger partial charge in [0.15, 0.2) is 0 Å². The van der Waals surface area contributed by atoms with E-state index in [2.05, 4.69) is 23.3 Å². The summed E-state index contributed by atoms with van der Waals surface area (Å²) in [7, 11) is 0. The maximum absolute atomic E-state index is 11.5. The Morgan fingerprint density at radius 3 is 2.75 bits per heavy atom. The summed E-state index contributed by atoms with van der Waals surface area (Å²) in [6, 6.07) is 3.60. The molecule has 1 rings (SSSR count). The van der Waals surface area contributed by atoms with E-state index in [1.807, 2.05) is 6.07 Å². The van der Waals surface area contributed by atoms with Gasteiger partial charge in [0.25, 0.3) is 5.91 Å². The molecule has 4 nitrogen and oxygen atoms in total. The van der Waals surface area contributed by atoms with Gasteiger partial charge >= 0.3 is 0 Å². The van der Waals surface area contributed by atoms with Crippen LogP contribution in [0, 0.1) is 0 Å². The van der Waals surface area contributed by atoms with E-state index < -0.39 is 0 Å². The predicted molar refractivity (Wildman–Crippen MR) is 68.0 cm³/mol. The lowest BCUT2D eigenvalue weighted by atomic mass is 10.4. The third-order valence-corrected chi connectivity index (χ3v) is 3.10. The third kappa shape index (κ3) is 4.24. The van der Waals surface area contributed by atoms with Crippen molar-refractivity contribution >= 4 is 35.8 Å². The molecule has 6 heteroatoms. The lowest BCUT2D eigenvalue weighted by Gasteiger charge is -2.00. The van der Waals surface area contributed by atoms with E-state index in [4.69, 9.17) is 0 Å². The van der Waals surface area contributed by atoms with Crippen molar-refractivity contribution in [2.45, 2.75) is 13.5 Å². The molecule has 2 N–H and O–H groups in total. The van der Waals surface area contributed by atoms with Crippen LogP contribution in [-0.4, -0.2) is 24.1 Å². The zero-order valence-electron chi connectivity index (χ0n) is 8.95. The largest absolute Gasteiger partial charge is 0.351 e. The molecule has 0 aliphatic rings. The van der Waals surface area contributed by atoms with Gasteiger partial charge in [-0.3, -0.25) is 9.59 Å². The van der Waals surface area contributed by atoms with Crippen LogP contribution in [0.15, 0.2) is 12.1 Å². The highest BCUT2D eigenvalue weighted by atomic mass is 32.1. The van der Waals surface area contributed by atoms with E-state index in [9.17, 15) is 9.59 Å². The summed E-state index contributed by atoms with van der Waals surface area (Å²) in [6.45, 7) is 2.49. The molecule has 0 aliphatic carbocycles. The lowest BCUT2D eigenvalue weighted by molar-refractivity contribution is -0.119. The fraction of sp³-hybridized carbons (Fsp3) is 0.400. The smallest absolute Gasteiger partial charge is 0.261 e. The topological polar surface area (TPSA) is 58.2 Å². The van der Waals surface area contributed by atoms with E-state index in [1.54, 1.807) is 6.07 Å². The first kappa shape index (κ1) is 13.1. The van der Waals surface area contributed by atoms with Gasteiger partial charge in [-0.2, -0.15) is 12.6 Å². The normalized spacial score (nSPS) is 9.88. The number of carbonyl (C=O) groups is 2. The maximum Gasteiger partial charge on any atom is 0.261 e. The molecular formula is C10H14N2O2S2. The fourth-order valence-corrected chi connectivity index (χ4v) is 2.04. The van der Waals surface area contributed by atoms with Crippen molar-refractivity contribution in [1.29, 1.82) is 0 Å². The summed E-state index contributed by atoms with van der Waals surface area (Å²) >= 11 is 5.39. The molecule has 0 atom stereocenters. The number of thiophene rings is 1. The summed E-state index contributed by atoms with van der Waals surface area (Å²) in [4.78, 5) is 23.9. The second-order valence-electron chi connectivity index (χ2n) is 3.16. The van der Waals surface area contributed by atoms with Crippen LogP contribution >= 0.6 is 24.0 Å². The monoisotopic (exact) mass is 258 g/mol. The van der Waals surface area contributed by atoms with E-state index >= 15 is 0 Å². The van der Waals surface area contributed by atoms with Gasteiger partial charge < -0.3 is 10.6 Å². The first-order valence-electron chi connectivity index (χ1n) is 4.85. The highest BCUT2D eigenvalue weighted by molar-refractivity contribution is 7.80. The van der Waals surface area contributed by atoms with Crippen LogP contribution < -0.4 is 10.6 Å². The van der Waals surface area contributed by atoms with Crippen molar-refractivity contribution < 1.29 is 9.59 Å². The summed E-state index contributed by atoms with van der Waals surface area (Å²) in [5, 5.41) is 5.42. The van der Waals surface area contributed by atoms with Gasteiger partial charge in [-0.15, -0.1) is 11.3 Å². The van der Waals surface area contributed by atoms with Crippen LogP contribution in [0.25, 0.3) is 0 Å². The Bertz CT molecular complexity index is 377. The molecule has 0 aliphatic heterocycles. The standard InChI is InChI=1S/C10H14N2O2S2/c1-7(13)12-6-8-2-3-9(16-8)10(14)11-4-5-15/h2-3,15H,4-6H2,1H3,(H,11,14)(H,12,13). The molecule has 1 heterocycles. The van der Waals surface area contributed by atoms with Gasteiger partial charge in [0, 0.05) is 24.1 Å². The van der Waals surface area contributed by atoms with Gasteiger partial charge in [0.2, 0.25) is 5.91 Å². The van der Waals surface area contributed by atoms with Crippen molar-refractivity contribution in [1.82, 2.24) is 10.6 Å². The maximum atomic E-state index is 11.5. The number of rotatable bonds is 5. The average molecular weight is 258 g/mol. The molecule has 16 heavy (non-hydrogen) atoms. The minimum atomic E-state index is -0.0897. The molecule has 1 aromatic heterocycles. The van der Waals surface area contributed by atoms with Crippen molar-refractivity contribution in [2.24, 2.45) is 0 Å². The molecule has 0 radical (unpaired) electrons. The summed E-state index contributed by atoms with van der Waals surface area (Å²) < 4.78 is 0.